The minimum atomic E-state index is -0.154. The normalized spacial score (nSPS) is 18.1. The Kier molecular flexibility index (Phi) is 7.77. The van der Waals surface area contributed by atoms with E-state index in [4.69, 9.17) is 4.74 Å². The van der Waals surface area contributed by atoms with Gasteiger partial charge in [0.25, 0.3) is 5.91 Å². The first-order valence-corrected chi connectivity index (χ1v) is 12.5. The fourth-order valence-electron chi connectivity index (χ4n) is 4.06. The standard InChI is InChI=1S/C25H26BrN3O3S/c1-28(15-18-6-3-2-4-7-18)24(30)12-19-16-29(25(31)23-14-27-17-33-23)11-10-22(19)32-21-9-5-8-20(26)13-21/h2-9,13-14,17,19,22H,10-12,15-16H2,1H3/t19-,22-/m0/s1. The van der Waals surface area contributed by atoms with Crippen molar-refractivity contribution in [1.82, 2.24) is 14.8 Å². The molecule has 33 heavy (non-hydrogen) atoms. The second-order valence-electron chi connectivity index (χ2n) is 8.22. The summed E-state index contributed by atoms with van der Waals surface area (Å²) >= 11 is 4.82. The third-order valence-electron chi connectivity index (χ3n) is 5.80. The number of halogens is 1. The van der Waals surface area contributed by atoms with Crippen LogP contribution < -0.4 is 4.74 Å². The molecule has 1 saturated heterocycles. The number of benzene rings is 2. The Morgan fingerprint density at radius 2 is 2.03 bits per heavy atom. The maximum atomic E-state index is 13.1. The average Bonchev–Trinajstić information content (AvgIpc) is 3.35. The Morgan fingerprint density at radius 1 is 1.21 bits per heavy atom. The van der Waals surface area contributed by atoms with E-state index in [2.05, 4.69) is 20.9 Å². The molecular formula is C25H26BrN3O3S. The Bertz CT molecular complexity index is 1080. The zero-order chi connectivity index (χ0) is 23.2. The lowest BCUT2D eigenvalue weighted by molar-refractivity contribution is -0.132. The van der Waals surface area contributed by atoms with Gasteiger partial charge in [-0.25, -0.2) is 0 Å². The van der Waals surface area contributed by atoms with Gasteiger partial charge < -0.3 is 14.5 Å². The van der Waals surface area contributed by atoms with Crippen LogP contribution in [0.5, 0.6) is 5.75 Å². The average molecular weight is 528 g/mol. The van der Waals surface area contributed by atoms with Gasteiger partial charge >= 0.3 is 0 Å². The topological polar surface area (TPSA) is 62.7 Å². The maximum Gasteiger partial charge on any atom is 0.265 e. The van der Waals surface area contributed by atoms with Crippen LogP contribution in [0, 0.1) is 5.92 Å². The molecule has 2 aromatic carbocycles. The summed E-state index contributed by atoms with van der Waals surface area (Å²) in [6.07, 6.45) is 2.43. The quantitative estimate of drug-likeness (QED) is 0.440. The summed E-state index contributed by atoms with van der Waals surface area (Å²) in [5, 5.41) is 0. The van der Waals surface area contributed by atoms with Crippen molar-refractivity contribution in [2.24, 2.45) is 5.92 Å². The van der Waals surface area contributed by atoms with Crippen LogP contribution in [0.2, 0.25) is 0 Å². The predicted molar refractivity (Wildman–Crippen MR) is 132 cm³/mol. The molecule has 6 nitrogen and oxygen atoms in total. The zero-order valence-corrected chi connectivity index (χ0v) is 20.8. The monoisotopic (exact) mass is 527 g/mol. The number of amides is 2. The van der Waals surface area contributed by atoms with Crippen LogP contribution in [-0.2, 0) is 11.3 Å². The van der Waals surface area contributed by atoms with Crippen molar-refractivity contribution in [2.75, 3.05) is 20.1 Å². The van der Waals surface area contributed by atoms with Crippen molar-refractivity contribution >= 4 is 39.1 Å². The Labute approximate surface area is 206 Å². The third-order valence-corrected chi connectivity index (χ3v) is 7.06. The molecule has 0 saturated carbocycles. The summed E-state index contributed by atoms with van der Waals surface area (Å²) in [7, 11) is 1.82. The smallest absolute Gasteiger partial charge is 0.265 e. The Balaban J connectivity index is 1.47. The van der Waals surface area contributed by atoms with Crippen molar-refractivity contribution in [3.8, 4) is 5.75 Å². The summed E-state index contributed by atoms with van der Waals surface area (Å²) in [4.78, 5) is 34.3. The number of aromatic nitrogens is 1. The van der Waals surface area contributed by atoms with E-state index in [1.807, 2.05) is 66.5 Å². The number of hydrogen-bond donors (Lipinski definition) is 0. The van der Waals surface area contributed by atoms with E-state index < -0.39 is 0 Å². The summed E-state index contributed by atoms with van der Waals surface area (Å²) in [5.41, 5.74) is 2.75. The minimum absolute atomic E-state index is 0.0338. The maximum absolute atomic E-state index is 13.1. The molecule has 1 fully saturated rings. The van der Waals surface area contributed by atoms with E-state index in [-0.39, 0.29) is 23.8 Å². The lowest BCUT2D eigenvalue weighted by atomic mass is 9.90. The molecule has 172 valence electrons. The van der Waals surface area contributed by atoms with Gasteiger partial charge in [-0.05, 0) is 23.8 Å². The number of hydrogen-bond acceptors (Lipinski definition) is 5. The predicted octanol–water partition coefficient (Wildman–Crippen LogP) is 4.86. The van der Waals surface area contributed by atoms with E-state index >= 15 is 0 Å². The molecule has 1 aliphatic heterocycles. The van der Waals surface area contributed by atoms with Crippen LogP contribution in [0.25, 0.3) is 0 Å². The van der Waals surface area contributed by atoms with Crippen LogP contribution in [0.1, 0.15) is 28.1 Å². The van der Waals surface area contributed by atoms with Crippen molar-refractivity contribution in [2.45, 2.75) is 25.5 Å². The van der Waals surface area contributed by atoms with Gasteiger partial charge in [-0.2, -0.15) is 0 Å². The number of nitrogens with zero attached hydrogens (tertiary/aromatic N) is 3. The van der Waals surface area contributed by atoms with Crippen LogP contribution in [-0.4, -0.2) is 52.8 Å². The third kappa shape index (κ3) is 6.21. The van der Waals surface area contributed by atoms with Crippen molar-refractivity contribution in [3.63, 3.8) is 0 Å². The van der Waals surface area contributed by atoms with Crippen LogP contribution in [0.15, 0.2) is 70.8 Å². The first kappa shape index (κ1) is 23.4. The van der Waals surface area contributed by atoms with Crippen LogP contribution in [0.4, 0.5) is 0 Å². The zero-order valence-electron chi connectivity index (χ0n) is 18.4. The molecule has 2 atom stereocenters. The number of piperidine rings is 1. The van der Waals surface area contributed by atoms with Gasteiger partial charge in [0.15, 0.2) is 0 Å². The molecule has 0 N–H and O–H groups in total. The lowest BCUT2D eigenvalue weighted by Crippen LogP contribution is -2.49. The molecule has 2 heterocycles. The summed E-state index contributed by atoms with van der Waals surface area (Å²) < 4.78 is 7.26. The fraction of sp³-hybridized carbons (Fsp3) is 0.320. The summed E-state index contributed by atoms with van der Waals surface area (Å²) in [6.45, 7) is 1.60. The van der Waals surface area contributed by atoms with E-state index in [9.17, 15) is 9.59 Å². The van der Waals surface area contributed by atoms with Crippen LogP contribution >= 0.6 is 27.3 Å². The van der Waals surface area contributed by atoms with Gasteiger partial charge in [0.2, 0.25) is 5.91 Å². The molecule has 0 unspecified atom stereocenters. The second-order valence-corrected chi connectivity index (χ2v) is 10.0. The highest BCUT2D eigenvalue weighted by molar-refractivity contribution is 9.10. The number of likely N-dealkylation sites (tertiary alicyclic amines) is 1. The molecule has 0 radical (unpaired) electrons. The lowest BCUT2D eigenvalue weighted by Gasteiger charge is -2.38. The first-order valence-electron chi connectivity index (χ1n) is 10.9. The van der Waals surface area contributed by atoms with Gasteiger partial charge in [-0.15, -0.1) is 11.3 Å². The fourth-order valence-corrected chi connectivity index (χ4v) is 5.03. The van der Waals surface area contributed by atoms with Gasteiger partial charge in [-0.3, -0.25) is 14.6 Å². The van der Waals surface area contributed by atoms with Crippen molar-refractivity contribution < 1.29 is 14.3 Å². The van der Waals surface area contributed by atoms with Crippen molar-refractivity contribution in [1.29, 1.82) is 0 Å². The number of ether oxygens (including phenoxy) is 1. The first-order chi connectivity index (χ1) is 16.0. The minimum Gasteiger partial charge on any atom is -0.490 e. The molecular weight excluding hydrogens is 502 g/mol. The second kappa shape index (κ2) is 10.9. The summed E-state index contributed by atoms with van der Waals surface area (Å²) in [6, 6.07) is 17.6. The molecule has 0 bridgehead atoms. The molecule has 8 heteroatoms. The molecule has 1 aromatic heterocycles. The number of carbonyl (C=O) groups is 2. The van der Waals surface area contributed by atoms with Gasteiger partial charge in [0, 0.05) is 49.9 Å². The largest absolute Gasteiger partial charge is 0.490 e. The van der Waals surface area contributed by atoms with Crippen molar-refractivity contribution in [3.05, 3.63) is 81.2 Å². The highest BCUT2D eigenvalue weighted by atomic mass is 79.9. The van der Waals surface area contributed by atoms with Crippen LogP contribution in [0.3, 0.4) is 0 Å². The molecule has 2 amide bonds. The van der Waals surface area contributed by atoms with Gasteiger partial charge in [-0.1, -0.05) is 52.3 Å². The molecule has 0 aliphatic carbocycles. The number of carbonyl (C=O) groups excluding carboxylic acids is 2. The highest BCUT2D eigenvalue weighted by Gasteiger charge is 2.35. The number of thiazole rings is 1. The molecule has 3 aromatic rings. The van der Waals surface area contributed by atoms with E-state index in [1.165, 1.54) is 11.3 Å². The SMILES string of the molecule is CN(Cc1ccccc1)C(=O)C[C@H]1CN(C(=O)c2cncs2)CC[C@@H]1Oc1cccc(Br)c1. The summed E-state index contributed by atoms with van der Waals surface area (Å²) in [5.74, 6) is 0.652. The van der Waals surface area contributed by atoms with Gasteiger partial charge in [0.1, 0.15) is 16.7 Å². The van der Waals surface area contributed by atoms with E-state index in [0.717, 1.165) is 15.8 Å². The molecule has 0 spiro atoms. The van der Waals surface area contributed by atoms with Gasteiger partial charge in [0.05, 0.1) is 11.7 Å². The number of rotatable bonds is 7. The highest BCUT2D eigenvalue weighted by Crippen LogP contribution is 2.29. The Morgan fingerprint density at radius 3 is 2.76 bits per heavy atom. The van der Waals surface area contributed by atoms with E-state index in [0.29, 0.717) is 37.4 Å². The molecule has 1 aliphatic rings. The van der Waals surface area contributed by atoms with E-state index in [1.54, 1.807) is 16.6 Å². The Hall–Kier alpha value is -2.71. The molecule has 4 rings (SSSR count).